The van der Waals surface area contributed by atoms with Gasteiger partial charge in [-0.25, -0.2) is 0 Å². The van der Waals surface area contributed by atoms with Gasteiger partial charge in [0, 0.05) is 6.04 Å². The zero-order valence-corrected chi connectivity index (χ0v) is 11.5. The molecule has 1 aliphatic heterocycles. The molecule has 1 rings (SSSR count). The zero-order chi connectivity index (χ0) is 10.6. The van der Waals surface area contributed by atoms with Crippen LogP contribution in [0.25, 0.3) is 0 Å². The molecular formula is C12H27NSi. The first-order valence-electron chi connectivity index (χ1n) is 6.40. The van der Waals surface area contributed by atoms with E-state index in [1.807, 2.05) is 0 Å². The van der Waals surface area contributed by atoms with Crippen molar-refractivity contribution in [2.24, 2.45) is 0 Å². The SMILES string of the molecule is CCCN(C(C)CC)[Si]1(C)CCCC1. The molecule has 2 heteroatoms. The van der Waals surface area contributed by atoms with Crippen LogP contribution in [0.3, 0.4) is 0 Å². The van der Waals surface area contributed by atoms with E-state index in [9.17, 15) is 0 Å². The third kappa shape index (κ3) is 2.60. The van der Waals surface area contributed by atoms with Crippen LogP contribution in [0.1, 0.15) is 46.5 Å². The molecular weight excluding hydrogens is 186 g/mol. The molecule has 1 fully saturated rings. The molecule has 0 saturated carbocycles. The summed E-state index contributed by atoms with van der Waals surface area (Å²) in [7, 11) is -0.987. The molecule has 1 aliphatic rings. The Morgan fingerprint density at radius 1 is 1.21 bits per heavy atom. The normalized spacial score (nSPS) is 22.9. The van der Waals surface area contributed by atoms with Crippen LogP contribution in [-0.4, -0.2) is 25.4 Å². The van der Waals surface area contributed by atoms with Crippen LogP contribution in [0.5, 0.6) is 0 Å². The predicted octanol–water partition coefficient (Wildman–Crippen LogP) is 3.87. The van der Waals surface area contributed by atoms with E-state index < -0.39 is 8.24 Å². The van der Waals surface area contributed by atoms with Gasteiger partial charge in [-0.05, 0) is 31.5 Å². The molecule has 14 heavy (non-hydrogen) atoms. The second kappa shape index (κ2) is 5.31. The lowest BCUT2D eigenvalue weighted by atomic mass is 10.2. The minimum atomic E-state index is -0.987. The second-order valence-electron chi connectivity index (χ2n) is 5.15. The van der Waals surface area contributed by atoms with E-state index >= 15 is 0 Å². The van der Waals surface area contributed by atoms with E-state index in [4.69, 9.17) is 0 Å². The first kappa shape index (κ1) is 12.2. The molecule has 0 radical (unpaired) electrons. The Bertz CT molecular complexity index is 164. The summed E-state index contributed by atoms with van der Waals surface area (Å²) in [6.07, 6.45) is 5.65. The molecule has 0 aromatic rings. The molecule has 84 valence electrons. The number of rotatable bonds is 5. The summed E-state index contributed by atoms with van der Waals surface area (Å²) in [6, 6.07) is 3.93. The fourth-order valence-corrected chi connectivity index (χ4v) is 7.77. The van der Waals surface area contributed by atoms with Crippen LogP contribution in [0, 0.1) is 0 Å². The van der Waals surface area contributed by atoms with Crippen LogP contribution in [-0.2, 0) is 0 Å². The summed E-state index contributed by atoms with van der Waals surface area (Å²) >= 11 is 0. The molecule has 0 aromatic carbocycles. The first-order valence-corrected chi connectivity index (χ1v) is 9.27. The maximum atomic E-state index is 2.90. The third-order valence-electron chi connectivity index (χ3n) is 3.96. The molecule has 0 aliphatic carbocycles. The van der Waals surface area contributed by atoms with Crippen molar-refractivity contribution in [3.8, 4) is 0 Å². The van der Waals surface area contributed by atoms with Crippen molar-refractivity contribution in [2.45, 2.75) is 71.1 Å². The van der Waals surface area contributed by atoms with Gasteiger partial charge in [0.25, 0.3) is 0 Å². The van der Waals surface area contributed by atoms with E-state index in [-0.39, 0.29) is 0 Å². The highest BCUT2D eigenvalue weighted by Crippen LogP contribution is 2.34. The van der Waals surface area contributed by atoms with Crippen molar-refractivity contribution in [1.82, 2.24) is 4.57 Å². The first-order chi connectivity index (χ1) is 6.64. The quantitative estimate of drug-likeness (QED) is 0.627. The average molecular weight is 213 g/mol. The van der Waals surface area contributed by atoms with Gasteiger partial charge in [0.1, 0.15) is 8.24 Å². The molecule has 1 atom stereocenters. The maximum absolute atomic E-state index is 2.90. The van der Waals surface area contributed by atoms with Crippen LogP contribution >= 0.6 is 0 Å². The molecule has 1 nitrogen and oxygen atoms in total. The largest absolute Gasteiger partial charge is 0.321 e. The monoisotopic (exact) mass is 213 g/mol. The average Bonchev–Trinajstić information content (AvgIpc) is 2.61. The minimum absolute atomic E-state index is 0.824. The summed E-state index contributed by atoms with van der Waals surface area (Å²) in [5, 5.41) is 0. The molecule has 0 N–H and O–H groups in total. The van der Waals surface area contributed by atoms with E-state index in [1.165, 1.54) is 32.2 Å². The topological polar surface area (TPSA) is 3.24 Å². The molecule has 1 unspecified atom stereocenters. The van der Waals surface area contributed by atoms with Crippen LogP contribution in [0.2, 0.25) is 18.6 Å². The molecule has 0 amide bonds. The number of hydrogen-bond donors (Lipinski definition) is 0. The summed E-state index contributed by atoms with van der Waals surface area (Å²) in [6.45, 7) is 11.0. The van der Waals surface area contributed by atoms with Gasteiger partial charge >= 0.3 is 0 Å². The van der Waals surface area contributed by atoms with Gasteiger partial charge in [-0.15, -0.1) is 0 Å². The Morgan fingerprint density at radius 3 is 2.21 bits per heavy atom. The van der Waals surface area contributed by atoms with Crippen LogP contribution in [0.15, 0.2) is 0 Å². The highest BCUT2D eigenvalue weighted by Gasteiger charge is 2.38. The fraction of sp³-hybridized carbons (Fsp3) is 1.00. The summed E-state index contributed by atoms with van der Waals surface area (Å²) < 4.78 is 2.90. The highest BCUT2D eigenvalue weighted by atomic mass is 28.3. The highest BCUT2D eigenvalue weighted by molar-refractivity contribution is 6.76. The van der Waals surface area contributed by atoms with Gasteiger partial charge in [0.15, 0.2) is 0 Å². The Morgan fingerprint density at radius 2 is 1.79 bits per heavy atom. The van der Waals surface area contributed by atoms with E-state index in [2.05, 4.69) is 31.9 Å². The molecule has 1 heterocycles. The van der Waals surface area contributed by atoms with Crippen LogP contribution < -0.4 is 0 Å². The summed E-state index contributed by atoms with van der Waals surface area (Å²) in [5.41, 5.74) is 0. The summed E-state index contributed by atoms with van der Waals surface area (Å²) in [4.78, 5) is 0. The van der Waals surface area contributed by atoms with Gasteiger partial charge in [0.05, 0.1) is 0 Å². The zero-order valence-electron chi connectivity index (χ0n) is 10.5. The van der Waals surface area contributed by atoms with Gasteiger partial charge in [-0.2, -0.15) is 0 Å². The van der Waals surface area contributed by atoms with Crippen molar-refractivity contribution in [3.05, 3.63) is 0 Å². The Hall–Kier alpha value is 0.177. The Balaban J connectivity index is 2.64. The lowest BCUT2D eigenvalue weighted by molar-refractivity contribution is 0.323. The van der Waals surface area contributed by atoms with Crippen LogP contribution in [0.4, 0.5) is 0 Å². The van der Waals surface area contributed by atoms with E-state index in [0.717, 1.165) is 6.04 Å². The standard InChI is InChI=1S/C12H27NSi/c1-5-9-13(12(3)6-2)14(4)10-7-8-11-14/h12H,5-11H2,1-4H3. The van der Waals surface area contributed by atoms with Crippen molar-refractivity contribution in [2.75, 3.05) is 6.54 Å². The molecule has 1 saturated heterocycles. The Labute approximate surface area is 91.0 Å². The minimum Gasteiger partial charge on any atom is -0.321 e. The lowest BCUT2D eigenvalue weighted by Gasteiger charge is -2.41. The summed E-state index contributed by atoms with van der Waals surface area (Å²) in [5.74, 6) is 0. The third-order valence-corrected chi connectivity index (χ3v) is 8.87. The molecule has 0 bridgehead atoms. The fourth-order valence-electron chi connectivity index (χ4n) is 2.91. The van der Waals surface area contributed by atoms with E-state index in [1.54, 1.807) is 12.1 Å². The molecule has 0 aromatic heterocycles. The number of hydrogen-bond acceptors (Lipinski definition) is 1. The van der Waals surface area contributed by atoms with Crippen molar-refractivity contribution < 1.29 is 0 Å². The van der Waals surface area contributed by atoms with Gasteiger partial charge in [0.2, 0.25) is 0 Å². The van der Waals surface area contributed by atoms with Gasteiger partial charge in [-0.3, -0.25) is 0 Å². The lowest BCUT2D eigenvalue weighted by Crippen LogP contribution is -2.53. The second-order valence-corrected chi connectivity index (χ2v) is 9.72. The van der Waals surface area contributed by atoms with Crippen molar-refractivity contribution in [1.29, 1.82) is 0 Å². The number of nitrogens with zero attached hydrogens (tertiary/aromatic N) is 1. The smallest absolute Gasteiger partial charge is 0.125 e. The van der Waals surface area contributed by atoms with Gasteiger partial charge < -0.3 is 4.57 Å². The maximum Gasteiger partial charge on any atom is 0.125 e. The van der Waals surface area contributed by atoms with Crippen molar-refractivity contribution in [3.63, 3.8) is 0 Å². The van der Waals surface area contributed by atoms with Crippen molar-refractivity contribution >= 4 is 8.24 Å². The van der Waals surface area contributed by atoms with Gasteiger partial charge in [-0.1, -0.05) is 40.2 Å². The van der Waals surface area contributed by atoms with E-state index in [0.29, 0.717) is 0 Å². The predicted molar refractivity (Wildman–Crippen MR) is 67.2 cm³/mol. The molecule has 0 spiro atoms. The Kier molecular flexibility index (Phi) is 4.65.